The summed E-state index contributed by atoms with van der Waals surface area (Å²) < 4.78 is 10.7. The van der Waals surface area contributed by atoms with Crippen molar-refractivity contribution < 1.29 is 9.15 Å². The minimum Gasteiger partial charge on any atom is -0.439 e. The van der Waals surface area contributed by atoms with Gasteiger partial charge in [-0.15, -0.1) is 0 Å². The van der Waals surface area contributed by atoms with Crippen molar-refractivity contribution in [1.82, 2.24) is 4.98 Å². The van der Waals surface area contributed by atoms with Crippen molar-refractivity contribution in [2.24, 2.45) is 5.73 Å². The topological polar surface area (TPSA) is 61.3 Å². The molecule has 0 amide bonds. The Morgan fingerprint density at radius 3 is 3.00 bits per heavy atom. The Morgan fingerprint density at radius 2 is 2.28 bits per heavy atom. The molecule has 1 aromatic heterocycles. The molecule has 0 aliphatic heterocycles. The second kappa shape index (κ2) is 5.69. The van der Waals surface area contributed by atoms with E-state index in [9.17, 15) is 0 Å². The molecule has 0 saturated heterocycles. The number of benzene rings is 1. The first kappa shape index (κ1) is 13.3. The Morgan fingerprint density at radius 1 is 1.50 bits per heavy atom. The van der Waals surface area contributed by atoms with Gasteiger partial charge in [0.25, 0.3) is 0 Å². The maximum absolute atomic E-state index is 6.04. The standard InChI is InChI=1S/C13H17ClN2O2/c1-8-6-9(14)7-11-12(8)18-13(16-11)10(15)4-3-5-17-2/h6-7,10H,3-5,15H2,1-2H3. The Balaban J connectivity index is 2.21. The second-order valence-electron chi connectivity index (χ2n) is 4.36. The summed E-state index contributed by atoms with van der Waals surface area (Å²) in [5, 5.41) is 0.660. The van der Waals surface area contributed by atoms with Crippen LogP contribution in [0.4, 0.5) is 0 Å². The quantitative estimate of drug-likeness (QED) is 0.846. The fourth-order valence-electron chi connectivity index (χ4n) is 1.90. The number of oxazole rings is 1. The zero-order valence-electron chi connectivity index (χ0n) is 10.6. The summed E-state index contributed by atoms with van der Waals surface area (Å²) in [5.74, 6) is 0.562. The number of hydrogen-bond acceptors (Lipinski definition) is 4. The molecule has 0 radical (unpaired) electrons. The average molecular weight is 269 g/mol. The van der Waals surface area contributed by atoms with Gasteiger partial charge in [-0.05, 0) is 37.5 Å². The number of ether oxygens (including phenoxy) is 1. The highest BCUT2D eigenvalue weighted by Gasteiger charge is 2.15. The molecular weight excluding hydrogens is 252 g/mol. The van der Waals surface area contributed by atoms with Crippen LogP contribution < -0.4 is 5.73 Å². The molecule has 1 atom stereocenters. The van der Waals surface area contributed by atoms with E-state index in [-0.39, 0.29) is 6.04 Å². The van der Waals surface area contributed by atoms with E-state index in [1.807, 2.05) is 13.0 Å². The highest BCUT2D eigenvalue weighted by atomic mass is 35.5. The summed E-state index contributed by atoms with van der Waals surface area (Å²) in [4.78, 5) is 4.40. The average Bonchev–Trinajstić information content (AvgIpc) is 2.73. The molecule has 2 aromatic rings. The van der Waals surface area contributed by atoms with E-state index in [0.29, 0.717) is 17.5 Å². The highest BCUT2D eigenvalue weighted by Crippen LogP contribution is 2.27. The number of aromatic nitrogens is 1. The molecule has 0 bridgehead atoms. The molecule has 1 unspecified atom stereocenters. The molecule has 0 fully saturated rings. The Labute approximate surface area is 111 Å². The summed E-state index contributed by atoms with van der Waals surface area (Å²) in [5.41, 5.74) is 8.54. The number of aryl methyl sites for hydroxylation is 1. The number of halogens is 1. The van der Waals surface area contributed by atoms with E-state index in [4.69, 9.17) is 26.5 Å². The van der Waals surface area contributed by atoms with Gasteiger partial charge in [0.15, 0.2) is 5.58 Å². The molecule has 1 heterocycles. The van der Waals surface area contributed by atoms with Gasteiger partial charge in [0.2, 0.25) is 5.89 Å². The predicted molar refractivity (Wildman–Crippen MR) is 71.8 cm³/mol. The lowest BCUT2D eigenvalue weighted by Gasteiger charge is -2.05. The zero-order valence-corrected chi connectivity index (χ0v) is 11.3. The molecule has 2 N–H and O–H groups in total. The molecule has 0 aliphatic carbocycles. The minimum atomic E-state index is -0.203. The number of hydrogen-bond donors (Lipinski definition) is 1. The number of nitrogens with two attached hydrogens (primary N) is 1. The molecule has 0 spiro atoms. The summed E-state index contributed by atoms with van der Waals surface area (Å²) in [7, 11) is 1.68. The predicted octanol–water partition coefficient (Wildman–Crippen LogP) is 3.22. The van der Waals surface area contributed by atoms with Crippen LogP contribution in [-0.4, -0.2) is 18.7 Å². The summed E-state index contributed by atoms with van der Waals surface area (Å²) in [6, 6.07) is 3.44. The second-order valence-corrected chi connectivity index (χ2v) is 4.80. The Bertz CT molecular complexity index is 539. The number of nitrogens with zero attached hydrogens (tertiary/aromatic N) is 1. The third kappa shape index (κ3) is 2.83. The van der Waals surface area contributed by atoms with Crippen molar-refractivity contribution in [1.29, 1.82) is 0 Å². The molecular formula is C13H17ClN2O2. The molecule has 4 nitrogen and oxygen atoms in total. The van der Waals surface area contributed by atoms with Crippen LogP contribution in [0.3, 0.4) is 0 Å². The Hall–Kier alpha value is -1.10. The molecule has 0 saturated carbocycles. The van der Waals surface area contributed by atoms with Crippen molar-refractivity contribution in [3.05, 3.63) is 28.6 Å². The van der Waals surface area contributed by atoms with E-state index < -0.39 is 0 Å². The van der Waals surface area contributed by atoms with Gasteiger partial charge in [-0.2, -0.15) is 0 Å². The van der Waals surface area contributed by atoms with Crippen LogP contribution in [0.5, 0.6) is 0 Å². The maximum Gasteiger partial charge on any atom is 0.212 e. The van der Waals surface area contributed by atoms with Crippen molar-refractivity contribution in [2.75, 3.05) is 13.7 Å². The lowest BCUT2D eigenvalue weighted by atomic mass is 10.2. The molecule has 5 heteroatoms. The monoisotopic (exact) mass is 268 g/mol. The van der Waals surface area contributed by atoms with Crippen LogP contribution in [0.2, 0.25) is 5.02 Å². The van der Waals surface area contributed by atoms with Crippen LogP contribution in [0.25, 0.3) is 11.1 Å². The summed E-state index contributed by atoms with van der Waals surface area (Å²) >= 11 is 5.99. The third-order valence-electron chi connectivity index (χ3n) is 2.84. The highest BCUT2D eigenvalue weighted by molar-refractivity contribution is 6.31. The zero-order chi connectivity index (χ0) is 13.1. The van der Waals surface area contributed by atoms with Crippen LogP contribution in [0.15, 0.2) is 16.5 Å². The van der Waals surface area contributed by atoms with Gasteiger partial charge in [-0.1, -0.05) is 11.6 Å². The number of rotatable bonds is 5. The SMILES string of the molecule is COCCCC(N)c1nc2cc(Cl)cc(C)c2o1. The van der Waals surface area contributed by atoms with E-state index in [1.54, 1.807) is 13.2 Å². The lowest BCUT2D eigenvalue weighted by molar-refractivity contribution is 0.189. The van der Waals surface area contributed by atoms with Gasteiger partial charge in [0.1, 0.15) is 5.52 Å². The van der Waals surface area contributed by atoms with Crippen molar-refractivity contribution >= 4 is 22.7 Å². The normalized spacial score (nSPS) is 13.1. The Kier molecular flexibility index (Phi) is 4.22. The van der Waals surface area contributed by atoms with Gasteiger partial charge >= 0.3 is 0 Å². The van der Waals surface area contributed by atoms with Gasteiger partial charge < -0.3 is 14.9 Å². The smallest absolute Gasteiger partial charge is 0.212 e. The van der Waals surface area contributed by atoms with Crippen LogP contribution in [0.1, 0.15) is 30.3 Å². The lowest BCUT2D eigenvalue weighted by Crippen LogP contribution is -2.11. The van der Waals surface area contributed by atoms with E-state index in [1.165, 1.54) is 0 Å². The maximum atomic E-state index is 6.04. The number of fused-ring (bicyclic) bond motifs is 1. The van der Waals surface area contributed by atoms with E-state index >= 15 is 0 Å². The number of methoxy groups -OCH3 is 1. The van der Waals surface area contributed by atoms with Gasteiger partial charge in [0.05, 0.1) is 6.04 Å². The first-order chi connectivity index (χ1) is 8.61. The van der Waals surface area contributed by atoms with Crippen LogP contribution in [-0.2, 0) is 4.74 Å². The summed E-state index contributed by atoms with van der Waals surface area (Å²) in [6.45, 7) is 2.64. The van der Waals surface area contributed by atoms with Crippen molar-refractivity contribution in [2.45, 2.75) is 25.8 Å². The van der Waals surface area contributed by atoms with Crippen LogP contribution in [0, 0.1) is 6.92 Å². The van der Waals surface area contributed by atoms with Gasteiger partial charge in [-0.25, -0.2) is 4.98 Å². The van der Waals surface area contributed by atoms with Crippen molar-refractivity contribution in [3.8, 4) is 0 Å². The minimum absolute atomic E-state index is 0.203. The molecule has 18 heavy (non-hydrogen) atoms. The molecule has 1 aromatic carbocycles. The largest absolute Gasteiger partial charge is 0.439 e. The van der Waals surface area contributed by atoms with Gasteiger partial charge in [0, 0.05) is 18.7 Å². The fourth-order valence-corrected chi connectivity index (χ4v) is 2.17. The van der Waals surface area contributed by atoms with E-state index in [0.717, 1.165) is 29.5 Å². The molecule has 2 rings (SSSR count). The van der Waals surface area contributed by atoms with Crippen molar-refractivity contribution in [3.63, 3.8) is 0 Å². The first-order valence-electron chi connectivity index (χ1n) is 5.93. The van der Waals surface area contributed by atoms with Gasteiger partial charge in [-0.3, -0.25) is 0 Å². The van der Waals surface area contributed by atoms with Crippen LogP contribution >= 0.6 is 11.6 Å². The first-order valence-corrected chi connectivity index (χ1v) is 6.30. The molecule has 0 aliphatic rings. The van der Waals surface area contributed by atoms with E-state index in [2.05, 4.69) is 4.98 Å². The third-order valence-corrected chi connectivity index (χ3v) is 3.06. The molecule has 98 valence electrons. The summed E-state index contributed by atoms with van der Waals surface area (Å²) in [6.07, 6.45) is 1.67. The fraction of sp³-hybridized carbons (Fsp3) is 0.462.